The highest BCUT2D eigenvalue weighted by atomic mass is 15.2. The summed E-state index contributed by atoms with van der Waals surface area (Å²) in [7, 11) is 0. The molecule has 3 aromatic heterocycles. The molecule has 0 unspecified atom stereocenters. The molecule has 0 amide bonds. The number of nitrogens with zero attached hydrogens (tertiary/aromatic N) is 5. The summed E-state index contributed by atoms with van der Waals surface area (Å²) in [5.74, 6) is 0.708. The molecule has 3 heterocycles. The zero-order valence-electron chi connectivity index (χ0n) is 18.9. The van der Waals surface area contributed by atoms with Crippen LogP contribution in [0.3, 0.4) is 0 Å². The average molecular weight is 407 g/mol. The van der Waals surface area contributed by atoms with Crippen molar-refractivity contribution in [1.82, 2.24) is 24.6 Å². The lowest BCUT2D eigenvalue weighted by molar-refractivity contribution is 0.460. The molecule has 0 radical (unpaired) electrons. The molecule has 3 aromatic rings. The van der Waals surface area contributed by atoms with Crippen molar-refractivity contribution >= 4 is 17.2 Å². The fraction of sp³-hybridized carbons (Fsp3) is 0.500. The van der Waals surface area contributed by atoms with E-state index >= 15 is 0 Å². The van der Waals surface area contributed by atoms with Gasteiger partial charge < -0.3 is 5.32 Å². The number of hydrogen-bond acceptors (Lipinski definition) is 5. The Bertz CT molecular complexity index is 986. The standard InChI is InChI=1S/C19H22N6.C5H12/c1-13(17-9-11-25-18(24-17)8-10-21-25)16-12-20-19(22-14(16)2)23-15-6-4-3-5-7-15;1-5(2,3)4/h8-12,15H,1,3-7H2,2H3,(H,20,22,23);1-4H3. The zero-order chi connectivity index (χ0) is 21.7. The maximum atomic E-state index is 4.64. The van der Waals surface area contributed by atoms with Gasteiger partial charge in [-0.25, -0.2) is 19.5 Å². The molecule has 1 aliphatic carbocycles. The van der Waals surface area contributed by atoms with Crippen LogP contribution < -0.4 is 5.32 Å². The molecule has 0 bridgehead atoms. The molecule has 1 saturated carbocycles. The topological polar surface area (TPSA) is 68.0 Å². The second-order valence-corrected chi connectivity index (χ2v) is 9.60. The second-order valence-electron chi connectivity index (χ2n) is 9.60. The summed E-state index contributed by atoms with van der Waals surface area (Å²) < 4.78 is 1.73. The Morgan fingerprint density at radius 1 is 1.10 bits per heavy atom. The first kappa shape index (κ1) is 21.9. The maximum absolute atomic E-state index is 4.64. The van der Waals surface area contributed by atoms with Crippen LogP contribution in [0.4, 0.5) is 5.95 Å². The highest BCUT2D eigenvalue weighted by Crippen LogP contribution is 2.24. The number of fused-ring (bicyclic) bond motifs is 1. The van der Waals surface area contributed by atoms with Gasteiger partial charge in [-0.1, -0.05) is 53.5 Å². The predicted molar refractivity (Wildman–Crippen MR) is 124 cm³/mol. The van der Waals surface area contributed by atoms with Gasteiger partial charge >= 0.3 is 0 Å². The van der Waals surface area contributed by atoms with E-state index < -0.39 is 0 Å². The number of hydrogen-bond donors (Lipinski definition) is 1. The maximum Gasteiger partial charge on any atom is 0.223 e. The number of aromatic nitrogens is 5. The van der Waals surface area contributed by atoms with Crippen LogP contribution in [-0.2, 0) is 0 Å². The van der Waals surface area contributed by atoms with Gasteiger partial charge in [0.2, 0.25) is 5.95 Å². The van der Waals surface area contributed by atoms with Crippen molar-refractivity contribution in [3.8, 4) is 0 Å². The van der Waals surface area contributed by atoms with E-state index in [9.17, 15) is 0 Å². The molecule has 6 heteroatoms. The molecule has 1 aliphatic rings. The average Bonchev–Trinajstić information content (AvgIpc) is 3.15. The monoisotopic (exact) mass is 406 g/mol. The predicted octanol–water partition coefficient (Wildman–Crippen LogP) is 5.69. The lowest BCUT2D eigenvalue weighted by atomic mass is 9.96. The number of anilines is 1. The Morgan fingerprint density at radius 3 is 2.47 bits per heavy atom. The Labute approximate surface area is 179 Å². The lowest BCUT2D eigenvalue weighted by Gasteiger charge is -2.23. The minimum Gasteiger partial charge on any atom is -0.351 e. The first-order valence-corrected chi connectivity index (χ1v) is 10.8. The van der Waals surface area contributed by atoms with Gasteiger partial charge in [0.15, 0.2) is 5.65 Å². The summed E-state index contributed by atoms with van der Waals surface area (Å²) in [5.41, 5.74) is 4.77. The van der Waals surface area contributed by atoms with Crippen molar-refractivity contribution in [3.05, 3.63) is 54.3 Å². The van der Waals surface area contributed by atoms with E-state index in [2.05, 4.69) is 59.6 Å². The minimum absolute atomic E-state index is 0.494. The van der Waals surface area contributed by atoms with Crippen LogP contribution in [0.15, 0.2) is 37.3 Å². The molecular formula is C24H34N6. The zero-order valence-corrected chi connectivity index (χ0v) is 18.9. The smallest absolute Gasteiger partial charge is 0.223 e. The second kappa shape index (κ2) is 9.37. The Hall–Kier alpha value is -2.76. The van der Waals surface area contributed by atoms with Crippen LogP contribution >= 0.6 is 0 Å². The Kier molecular flexibility index (Phi) is 6.85. The molecule has 0 atom stereocenters. The summed E-state index contributed by atoms with van der Waals surface area (Å²) in [4.78, 5) is 13.7. The molecule has 0 saturated heterocycles. The summed E-state index contributed by atoms with van der Waals surface area (Å²) in [5, 5.41) is 7.64. The third-order valence-corrected chi connectivity index (χ3v) is 4.81. The van der Waals surface area contributed by atoms with Gasteiger partial charge in [-0.15, -0.1) is 0 Å². The van der Waals surface area contributed by atoms with Crippen molar-refractivity contribution < 1.29 is 0 Å². The quantitative estimate of drug-likeness (QED) is 0.603. The van der Waals surface area contributed by atoms with Gasteiger partial charge in [0.1, 0.15) is 0 Å². The third-order valence-electron chi connectivity index (χ3n) is 4.81. The van der Waals surface area contributed by atoms with Crippen LogP contribution in [0.2, 0.25) is 0 Å². The number of rotatable bonds is 4. The van der Waals surface area contributed by atoms with Crippen LogP contribution in [0.25, 0.3) is 11.2 Å². The van der Waals surface area contributed by atoms with Crippen molar-refractivity contribution in [2.75, 3.05) is 5.32 Å². The molecule has 4 rings (SSSR count). The van der Waals surface area contributed by atoms with Crippen LogP contribution in [-0.4, -0.2) is 30.6 Å². The number of nitrogens with one attached hydrogen (secondary N) is 1. The normalized spacial score (nSPS) is 14.8. The molecule has 0 aromatic carbocycles. The van der Waals surface area contributed by atoms with E-state index in [4.69, 9.17) is 0 Å². The summed E-state index contributed by atoms with van der Waals surface area (Å²) in [6, 6.07) is 4.28. The van der Waals surface area contributed by atoms with Crippen molar-refractivity contribution in [2.45, 2.75) is 72.8 Å². The molecule has 6 nitrogen and oxygen atoms in total. The van der Waals surface area contributed by atoms with Gasteiger partial charge in [0, 0.05) is 35.6 Å². The number of aryl methyl sites for hydroxylation is 1. The minimum atomic E-state index is 0.494. The van der Waals surface area contributed by atoms with Crippen LogP contribution in [0.1, 0.15) is 76.8 Å². The molecule has 0 aliphatic heterocycles. The Morgan fingerprint density at radius 2 is 1.80 bits per heavy atom. The fourth-order valence-electron chi connectivity index (χ4n) is 3.38. The van der Waals surface area contributed by atoms with E-state index in [1.54, 1.807) is 10.7 Å². The van der Waals surface area contributed by atoms with Crippen molar-refractivity contribution in [1.29, 1.82) is 0 Å². The SMILES string of the molecule is C=C(c1ccn2nccc2n1)c1cnc(NC2CCCCC2)nc1C.CC(C)(C)C. The first-order chi connectivity index (χ1) is 14.2. The van der Waals surface area contributed by atoms with E-state index in [0.29, 0.717) is 17.4 Å². The van der Waals surface area contributed by atoms with Crippen molar-refractivity contribution in [2.24, 2.45) is 5.41 Å². The van der Waals surface area contributed by atoms with E-state index in [1.807, 2.05) is 31.5 Å². The van der Waals surface area contributed by atoms with Crippen molar-refractivity contribution in [3.63, 3.8) is 0 Å². The largest absolute Gasteiger partial charge is 0.351 e. The summed E-state index contributed by atoms with van der Waals surface area (Å²) in [6.45, 7) is 14.9. The molecular weight excluding hydrogens is 372 g/mol. The lowest BCUT2D eigenvalue weighted by Crippen LogP contribution is -2.23. The van der Waals surface area contributed by atoms with Gasteiger partial charge in [0.05, 0.1) is 17.6 Å². The van der Waals surface area contributed by atoms with E-state index in [0.717, 1.165) is 28.2 Å². The molecule has 1 N–H and O–H groups in total. The highest BCUT2D eigenvalue weighted by Gasteiger charge is 2.16. The summed E-state index contributed by atoms with van der Waals surface area (Å²) >= 11 is 0. The van der Waals surface area contributed by atoms with Gasteiger partial charge in [-0.05, 0) is 31.2 Å². The van der Waals surface area contributed by atoms with E-state index in [1.165, 1.54) is 32.1 Å². The Balaban J connectivity index is 0.000000461. The van der Waals surface area contributed by atoms with Crippen LogP contribution in [0.5, 0.6) is 0 Å². The summed E-state index contributed by atoms with van der Waals surface area (Å²) in [6.07, 6.45) is 11.8. The van der Waals surface area contributed by atoms with Gasteiger partial charge in [-0.2, -0.15) is 5.10 Å². The fourth-order valence-corrected chi connectivity index (χ4v) is 3.38. The van der Waals surface area contributed by atoms with Gasteiger partial charge in [-0.3, -0.25) is 0 Å². The molecule has 1 fully saturated rings. The first-order valence-electron chi connectivity index (χ1n) is 10.8. The molecule has 30 heavy (non-hydrogen) atoms. The van der Waals surface area contributed by atoms with Gasteiger partial charge in [0.25, 0.3) is 0 Å². The van der Waals surface area contributed by atoms with Crippen LogP contribution in [0, 0.1) is 12.3 Å². The highest BCUT2D eigenvalue weighted by molar-refractivity contribution is 5.77. The molecule has 160 valence electrons. The van der Waals surface area contributed by atoms with E-state index in [-0.39, 0.29) is 0 Å². The molecule has 0 spiro atoms. The third kappa shape index (κ3) is 6.12.